The lowest BCUT2D eigenvalue weighted by Gasteiger charge is -2.63. The number of aliphatic carboxylic acids is 1. The van der Waals surface area contributed by atoms with E-state index in [0.717, 1.165) is 68.9 Å². The van der Waals surface area contributed by atoms with Crippen LogP contribution < -0.4 is 11.1 Å². The fraction of sp³-hybridized carbons (Fsp3) is 0.610. The fourth-order valence-electron chi connectivity index (χ4n) is 11.2. The quantitative estimate of drug-likeness (QED) is 0.239. The third-order valence-corrected chi connectivity index (χ3v) is 14.6. The number of nitrogens with two attached hydrogens (primary N) is 1. The Morgan fingerprint density at radius 1 is 0.880 bits per heavy atom. The number of hydrogen-bond acceptors (Lipinski definition) is 6. The Hall–Kier alpha value is -3.72. The van der Waals surface area contributed by atoms with E-state index in [4.69, 9.17) is 10.8 Å². The van der Waals surface area contributed by atoms with E-state index in [0.29, 0.717) is 12.1 Å². The fourth-order valence-corrected chi connectivity index (χ4v) is 11.2. The van der Waals surface area contributed by atoms with E-state index in [9.17, 15) is 24.3 Å². The molecule has 2 saturated carbocycles. The number of carbonyl (C=O) groups is 4. The van der Waals surface area contributed by atoms with Gasteiger partial charge in [-0.25, -0.2) is 0 Å². The average Bonchev–Trinajstić information content (AvgIpc) is 3.07. The summed E-state index contributed by atoms with van der Waals surface area (Å²) in [7, 11) is 1.70. The van der Waals surface area contributed by atoms with E-state index in [1.54, 1.807) is 13.1 Å². The van der Waals surface area contributed by atoms with Crippen LogP contribution in [0.15, 0.2) is 36.4 Å². The molecule has 6 rings (SSSR count). The molecule has 0 aliphatic heterocycles. The number of amides is 3. The molecule has 0 saturated heterocycles. The van der Waals surface area contributed by atoms with Gasteiger partial charge in [0.1, 0.15) is 5.75 Å². The number of aryl methyl sites for hydroxylation is 2. The van der Waals surface area contributed by atoms with Gasteiger partial charge >= 0.3 is 5.97 Å². The predicted octanol–water partition coefficient (Wildman–Crippen LogP) is 6.62. The molecule has 50 heavy (non-hydrogen) atoms. The van der Waals surface area contributed by atoms with Crippen LogP contribution in [-0.2, 0) is 42.8 Å². The van der Waals surface area contributed by atoms with Crippen LogP contribution in [0.4, 0.5) is 5.69 Å². The number of carboxylic acid groups (broad SMARTS) is 1. The van der Waals surface area contributed by atoms with Gasteiger partial charge in [0.2, 0.25) is 17.7 Å². The summed E-state index contributed by atoms with van der Waals surface area (Å²) in [5.74, 6) is -1.34. The molecule has 0 radical (unpaired) electrons. The van der Waals surface area contributed by atoms with Gasteiger partial charge in [-0.05, 0) is 126 Å². The first-order chi connectivity index (χ1) is 23.4. The minimum absolute atomic E-state index is 0.0461. The van der Waals surface area contributed by atoms with E-state index < -0.39 is 39.6 Å². The second-order valence-electron chi connectivity index (χ2n) is 17.0. The number of phenols is 1. The molecule has 4 aliphatic rings. The molecule has 7 atom stereocenters. The molecule has 270 valence electrons. The van der Waals surface area contributed by atoms with E-state index in [2.05, 4.69) is 39.9 Å². The maximum Gasteiger partial charge on any atom is 0.303 e. The highest BCUT2D eigenvalue weighted by Gasteiger charge is 2.65. The first-order valence-corrected chi connectivity index (χ1v) is 18.5. The minimum atomic E-state index is -0.997. The summed E-state index contributed by atoms with van der Waals surface area (Å²) in [5.41, 5.74) is 8.63. The van der Waals surface area contributed by atoms with Crippen molar-refractivity contribution < 1.29 is 29.4 Å². The van der Waals surface area contributed by atoms with Crippen LogP contribution in [0.5, 0.6) is 5.75 Å². The number of phenolic OH excluding ortho intramolecular Hbond substituents is 1. The van der Waals surface area contributed by atoms with Gasteiger partial charge in [0.15, 0.2) is 0 Å². The van der Waals surface area contributed by atoms with Crippen molar-refractivity contribution in [2.75, 3.05) is 12.4 Å². The van der Waals surface area contributed by atoms with Crippen molar-refractivity contribution >= 4 is 29.4 Å². The number of nitrogens with one attached hydrogen (secondary N) is 1. The summed E-state index contributed by atoms with van der Waals surface area (Å²) in [4.78, 5) is 55.2. The average molecular weight is 686 g/mol. The summed E-state index contributed by atoms with van der Waals surface area (Å²) >= 11 is 0. The van der Waals surface area contributed by atoms with Gasteiger partial charge in [-0.2, -0.15) is 0 Å². The van der Waals surface area contributed by atoms with Crippen molar-refractivity contribution in [3.8, 4) is 5.75 Å². The van der Waals surface area contributed by atoms with Crippen LogP contribution in [-0.4, -0.2) is 51.9 Å². The first-order valence-electron chi connectivity index (χ1n) is 18.5. The third-order valence-electron chi connectivity index (χ3n) is 14.6. The summed E-state index contributed by atoms with van der Waals surface area (Å²) in [5, 5.41) is 22.3. The zero-order chi connectivity index (χ0) is 36.4. The van der Waals surface area contributed by atoms with Crippen LogP contribution in [0.2, 0.25) is 0 Å². The highest BCUT2D eigenvalue weighted by atomic mass is 16.4. The molecule has 0 bridgehead atoms. The van der Waals surface area contributed by atoms with Crippen molar-refractivity contribution in [1.29, 1.82) is 0 Å². The molecule has 2 aromatic rings. The number of fused-ring (bicyclic) bond motifs is 6. The zero-order valence-electron chi connectivity index (χ0n) is 30.7. The van der Waals surface area contributed by atoms with E-state index >= 15 is 0 Å². The van der Waals surface area contributed by atoms with Crippen LogP contribution in [0.25, 0.3) is 0 Å². The predicted molar refractivity (Wildman–Crippen MR) is 193 cm³/mol. The maximum absolute atomic E-state index is 15.0. The van der Waals surface area contributed by atoms with Crippen molar-refractivity contribution in [1.82, 2.24) is 4.90 Å². The lowest BCUT2D eigenvalue weighted by molar-refractivity contribution is -0.171. The van der Waals surface area contributed by atoms with Crippen molar-refractivity contribution in [2.45, 2.75) is 129 Å². The number of benzene rings is 2. The molecule has 0 unspecified atom stereocenters. The van der Waals surface area contributed by atoms with Gasteiger partial charge in [0.25, 0.3) is 0 Å². The number of carboxylic acids is 1. The van der Waals surface area contributed by atoms with Crippen molar-refractivity contribution in [2.24, 2.45) is 27.9 Å². The summed E-state index contributed by atoms with van der Waals surface area (Å²) in [6.07, 6.45) is 8.08. The monoisotopic (exact) mass is 685 g/mol. The summed E-state index contributed by atoms with van der Waals surface area (Å²) < 4.78 is 0. The van der Waals surface area contributed by atoms with Gasteiger partial charge in [-0.15, -0.1) is 0 Å². The van der Waals surface area contributed by atoms with Gasteiger partial charge < -0.3 is 21.3 Å². The minimum Gasteiger partial charge on any atom is -0.508 e. The van der Waals surface area contributed by atoms with Crippen LogP contribution in [0.1, 0.15) is 121 Å². The molecule has 4 aliphatic carbocycles. The Kier molecular flexibility index (Phi) is 9.02. The second-order valence-corrected chi connectivity index (χ2v) is 17.0. The molecule has 0 aromatic heterocycles. The SMILES string of the molecule is CN(C(=O)[C@@]1(C)CCC[C@]2(C)c3cc(O)ccc3CC[C@@H]12)C(=O)[C@@]1(C)CCC[C@]2(C)c3cc(NC(=O)[C@@H](N)CCC(=O)O)ccc3CC[C@@]12C. The van der Waals surface area contributed by atoms with Crippen LogP contribution in [0.3, 0.4) is 0 Å². The molecular weight excluding hydrogens is 630 g/mol. The van der Waals surface area contributed by atoms with Gasteiger partial charge in [-0.3, -0.25) is 24.1 Å². The number of hydrogen-bond donors (Lipinski definition) is 4. The Labute approximate surface area is 296 Å². The molecule has 2 fully saturated rings. The van der Waals surface area contributed by atoms with E-state index in [1.807, 2.05) is 30.3 Å². The second kappa shape index (κ2) is 12.5. The standard InChI is InChI=1S/C41H55N3O6/c1-37-18-7-19-38(2,32(37)15-11-25-10-13-28(45)24-29(25)37)35(49)44(6)36(50)40(4)21-8-20-39(3)30-23-27(12-9-26(30)17-22-41(39,40)5)43-34(48)31(42)14-16-33(46)47/h9-10,12-13,23-24,31-32,45H,7-8,11,14-22,42H2,1-6H3,(H,43,48)(H,46,47)/t31-,32+,37+,38-,39+,40+,41+/m0/s1. The molecule has 5 N–H and O–H groups in total. The third kappa shape index (κ3) is 5.37. The van der Waals surface area contributed by atoms with E-state index in [1.165, 1.54) is 16.0 Å². The molecule has 0 spiro atoms. The molecule has 9 heteroatoms. The molecular formula is C41H55N3O6. The summed E-state index contributed by atoms with van der Waals surface area (Å²) in [6.45, 7) is 10.9. The normalized spacial score (nSPS) is 33.5. The highest BCUT2D eigenvalue weighted by molar-refractivity contribution is 6.01. The smallest absolute Gasteiger partial charge is 0.303 e. The maximum atomic E-state index is 15.0. The molecule has 2 aromatic carbocycles. The molecule has 0 heterocycles. The van der Waals surface area contributed by atoms with E-state index in [-0.39, 0.29) is 41.7 Å². The number of rotatable bonds is 7. The number of imide groups is 1. The van der Waals surface area contributed by atoms with Gasteiger partial charge in [0, 0.05) is 19.2 Å². The lowest BCUT2D eigenvalue weighted by Crippen LogP contribution is -2.64. The van der Waals surface area contributed by atoms with Gasteiger partial charge in [0.05, 0.1) is 16.9 Å². The van der Waals surface area contributed by atoms with Crippen LogP contribution >= 0.6 is 0 Å². The molecule has 3 amide bonds. The van der Waals surface area contributed by atoms with Crippen molar-refractivity contribution in [3.05, 3.63) is 58.7 Å². The Morgan fingerprint density at radius 3 is 2.28 bits per heavy atom. The molecule has 9 nitrogen and oxygen atoms in total. The topological polar surface area (TPSA) is 150 Å². The number of anilines is 1. The largest absolute Gasteiger partial charge is 0.508 e. The zero-order valence-corrected chi connectivity index (χ0v) is 30.7. The number of carbonyl (C=O) groups excluding carboxylic acids is 3. The Balaban J connectivity index is 1.28. The number of aromatic hydroxyl groups is 1. The van der Waals surface area contributed by atoms with Crippen LogP contribution in [0, 0.1) is 22.2 Å². The Morgan fingerprint density at radius 2 is 1.56 bits per heavy atom. The first kappa shape index (κ1) is 36.1. The van der Waals surface area contributed by atoms with Crippen molar-refractivity contribution in [3.63, 3.8) is 0 Å². The Bertz CT molecular complexity index is 1740. The number of nitrogens with zero attached hydrogens (tertiary/aromatic N) is 1. The summed E-state index contributed by atoms with van der Waals surface area (Å²) in [6, 6.07) is 10.7. The lowest BCUT2D eigenvalue weighted by atomic mass is 9.41. The van der Waals surface area contributed by atoms with Gasteiger partial charge in [-0.1, -0.05) is 59.6 Å². The highest BCUT2D eigenvalue weighted by Crippen LogP contribution is 2.66.